The van der Waals surface area contributed by atoms with E-state index in [1.807, 2.05) is 32.9 Å². The molecule has 0 saturated heterocycles. The molecule has 0 aliphatic rings. The molecule has 0 bridgehead atoms. The maximum atomic E-state index is 12.1. The first-order chi connectivity index (χ1) is 12.9. The van der Waals surface area contributed by atoms with Gasteiger partial charge < -0.3 is 10.6 Å². The van der Waals surface area contributed by atoms with E-state index in [1.54, 1.807) is 28.9 Å². The highest BCUT2D eigenvalue weighted by atomic mass is 35.5. The number of carbonyl (C=O) groups is 1. The van der Waals surface area contributed by atoms with Gasteiger partial charge in [-0.3, -0.25) is 4.79 Å². The summed E-state index contributed by atoms with van der Waals surface area (Å²) in [6.45, 7) is 6.76. The van der Waals surface area contributed by atoms with E-state index in [9.17, 15) is 4.79 Å². The lowest BCUT2D eigenvalue weighted by Crippen LogP contribution is -2.28. The van der Waals surface area contributed by atoms with Crippen molar-refractivity contribution in [3.63, 3.8) is 0 Å². The SMILES string of the molecule is Cc1cc(C)n(-c2cc(NCCNC(=O)c3ccc(Cl)cc3)nc(C)n2)n1. The summed E-state index contributed by atoms with van der Waals surface area (Å²) in [5.74, 6) is 1.90. The summed E-state index contributed by atoms with van der Waals surface area (Å²) in [6.07, 6.45) is 0. The lowest BCUT2D eigenvalue weighted by atomic mass is 10.2. The number of carbonyl (C=O) groups excluding carboxylic acids is 1. The monoisotopic (exact) mass is 384 g/mol. The standard InChI is InChI=1S/C19H21ClN6O/c1-12-10-13(2)26(25-12)18-11-17(23-14(3)24-18)21-8-9-22-19(27)15-4-6-16(20)7-5-15/h4-7,10-11H,8-9H2,1-3H3,(H,22,27)(H,21,23,24). The number of halogens is 1. The molecular weight excluding hydrogens is 364 g/mol. The Kier molecular flexibility index (Phi) is 5.71. The summed E-state index contributed by atoms with van der Waals surface area (Å²) in [7, 11) is 0. The Balaban J connectivity index is 1.59. The molecule has 0 aliphatic carbocycles. The number of hydrogen-bond donors (Lipinski definition) is 2. The molecule has 27 heavy (non-hydrogen) atoms. The molecule has 2 heterocycles. The van der Waals surface area contributed by atoms with Gasteiger partial charge in [-0.2, -0.15) is 5.10 Å². The number of amides is 1. The molecule has 7 nitrogen and oxygen atoms in total. The van der Waals surface area contributed by atoms with Crippen molar-refractivity contribution in [2.75, 3.05) is 18.4 Å². The Morgan fingerprint density at radius 1 is 1.07 bits per heavy atom. The molecule has 3 rings (SSSR count). The normalized spacial score (nSPS) is 10.7. The molecule has 0 radical (unpaired) electrons. The minimum Gasteiger partial charge on any atom is -0.368 e. The lowest BCUT2D eigenvalue weighted by Gasteiger charge is -2.10. The Labute approximate surface area is 162 Å². The van der Waals surface area contributed by atoms with Crippen molar-refractivity contribution in [2.45, 2.75) is 20.8 Å². The van der Waals surface area contributed by atoms with Crippen LogP contribution in [0, 0.1) is 20.8 Å². The van der Waals surface area contributed by atoms with Gasteiger partial charge in [0.2, 0.25) is 0 Å². The van der Waals surface area contributed by atoms with Crippen molar-refractivity contribution in [3.8, 4) is 5.82 Å². The Morgan fingerprint density at radius 2 is 1.81 bits per heavy atom. The second-order valence-corrected chi connectivity index (χ2v) is 6.62. The van der Waals surface area contributed by atoms with Crippen LogP contribution in [0.15, 0.2) is 36.4 Å². The van der Waals surface area contributed by atoms with Crippen molar-refractivity contribution in [3.05, 3.63) is 64.2 Å². The minimum absolute atomic E-state index is 0.143. The quantitative estimate of drug-likeness (QED) is 0.638. The first kappa shape index (κ1) is 18.8. The van der Waals surface area contributed by atoms with Crippen LogP contribution in [0.2, 0.25) is 5.02 Å². The zero-order valence-corrected chi connectivity index (χ0v) is 16.2. The molecule has 3 aromatic rings. The third-order valence-corrected chi connectivity index (χ3v) is 4.13. The van der Waals surface area contributed by atoms with Crippen molar-refractivity contribution >= 4 is 23.3 Å². The predicted molar refractivity (Wildman–Crippen MR) is 106 cm³/mol. The van der Waals surface area contributed by atoms with Crippen LogP contribution < -0.4 is 10.6 Å². The van der Waals surface area contributed by atoms with Gasteiger partial charge in [0.15, 0.2) is 5.82 Å². The number of aromatic nitrogens is 4. The molecule has 0 aliphatic heterocycles. The number of nitrogens with one attached hydrogen (secondary N) is 2. The summed E-state index contributed by atoms with van der Waals surface area (Å²) in [5.41, 5.74) is 2.51. The van der Waals surface area contributed by atoms with Crippen molar-refractivity contribution < 1.29 is 4.79 Å². The second kappa shape index (κ2) is 8.18. The van der Waals surface area contributed by atoms with Crippen LogP contribution in [-0.2, 0) is 0 Å². The Morgan fingerprint density at radius 3 is 2.48 bits per heavy atom. The number of benzene rings is 1. The van der Waals surface area contributed by atoms with Crippen LogP contribution >= 0.6 is 11.6 Å². The largest absolute Gasteiger partial charge is 0.368 e. The van der Waals surface area contributed by atoms with Crippen LogP contribution in [0.4, 0.5) is 5.82 Å². The first-order valence-corrected chi connectivity index (χ1v) is 8.97. The lowest BCUT2D eigenvalue weighted by molar-refractivity contribution is 0.0955. The number of anilines is 1. The summed E-state index contributed by atoms with van der Waals surface area (Å²) < 4.78 is 1.79. The smallest absolute Gasteiger partial charge is 0.251 e. The zero-order chi connectivity index (χ0) is 19.4. The van der Waals surface area contributed by atoms with E-state index in [0.29, 0.717) is 41.1 Å². The topological polar surface area (TPSA) is 84.7 Å². The molecule has 1 amide bonds. The minimum atomic E-state index is -0.143. The maximum absolute atomic E-state index is 12.1. The second-order valence-electron chi connectivity index (χ2n) is 6.19. The predicted octanol–water partition coefficient (Wildman–Crippen LogP) is 3.08. The number of hydrogen-bond acceptors (Lipinski definition) is 5. The fourth-order valence-corrected chi connectivity index (χ4v) is 2.81. The highest BCUT2D eigenvalue weighted by molar-refractivity contribution is 6.30. The molecule has 0 atom stereocenters. The maximum Gasteiger partial charge on any atom is 0.251 e. The van der Waals surface area contributed by atoms with Gasteiger partial charge >= 0.3 is 0 Å². The van der Waals surface area contributed by atoms with Crippen LogP contribution in [0.1, 0.15) is 27.6 Å². The van der Waals surface area contributed by atoms with Gasteiger partial charge in [-0.1, -0.05) is 11.6 Å². The third-order valence-electron chi connectivity index (χ3n) is 3.87. The van der Waals surface area contributed by atoms with Gasteiger partial charge in [-0.05, 0) is 51.1 Å². The molecule has 0 fully saturated rings. The van der Waals surface area contributed by atoms with Crippen molar-refractivity contribution in [1.82, 2.24) is 25.1 Å². The van der Waals surface area contributed by atoms with Gasteiger partial charge in [0, 0.05) is 35.4 Å². The highest BCUT2D eigenvalue weighted by Gasteiger charge is 2.09. The number of rotatable bonds is 6. The molecule has 8 heteroatoms. The van der Waals surface area contributed by atoms with Crippen LogP contribution in [0.5, 0.6) is 0 Å². The fourth-order valence-electron chi connectivity index (χ4n) is 2.68. The van der Waals surface area contributed by atoms with E-state index < -0.39 is 0 Å². The summed E-state index contributed by atoms with van der Waals surface area (Å²) >= 11 is 5.83. The van der Waals surface area contributed by atoms with E-state index in [4.69, 9.17) is 11.6 Å². The zero-order valence-electron chi connectivity index (χ0n) is 15.5. The Bertz CT molecular complexity index is 951. The van der Waals surface area contributed by atoms with Gasteiger partial charge in [0.25, 0.3) is 5.91 Å². The van der Waals surface area contributed by atoms with E-state index in [2.05, 4.69) is 25.7 Å². The Hall–Kier alpha value is -2.93. The van der Waals surface area contributed by atoms with Gasteiger partial charge in [0.1, 0.15) is 11.6 Å². The molecular formula is C19H21ClN6O. The average molecular weight is 385 g/mol. The molecule has 0 saturated carbocycles. The van der Waals surface area contributed by atoms with E-state index >= 15 is 0 Å². The molecule has 1 aromatic carbocycles. The van der Waals surface area contributed by atoms with Crippen LogP contribution in [0.3, 0.4) is 0 Å². The summed E-state index contributed by atoms with van der Waals surface area (Å²) in [6, 6.07) is 10.6. The molecule has 2 aromatic heterocycles. The van der Waals surface area contributed by atoms with Gasteiger partial charge in [0.05, 0.1) is 5.69 Å². The van der Waals surface area contributed by atoms with Crippen molar-refractivity contribution in [1.29, 1.82) is 0 Å². The van der Waals surface area contributed by atoms with E-state index in [-0.39, 0.29) is 5.91 Å². The van der Waals surface area contributed by atoms with Crippen LogP contribution in [-0.4, -0.2) is 38.7 Å². The third kappa shape index (κ3) is 4.83. The molecule has 140 valence electrons. The first-order valence-electron chi connectivity index (χ1n) is 8.59. The summed E-state index contributed by atoms with van der Waals surface area (Å²) in [5, 5.41) is 11.1. The number of aryl methyl sites for hydroxylation is 3. The number of nitrogens with zero attached hydrogens (tertiary/aromatic N) is 4. The summed E-state index contributed by atoms with van der Waals surface area (Å²) in [4.78, 5) is 20.9. The van der Waals surface area contributed by atoms with Gasteiger partial charge in [-0.25, -0.2) is 14.6 Å². The van der Waals surface area contributed by atoms with Crippen LogP contribution in [0.25, 0.3) is 5.82 Å². The highest BCUT2D eigenvalue weighted by Crippen LogP contribution is 2.14. The molecule has 2 N–H and O–H groups in total. The van der Waals surface area contributed by atoms with E-state index in [0.717, 1.165) is 11.4 Å². The molecule has 0 unspecified atom stereocenters. The van der Waals surface area contributed by atoms with E-state index in [1.165, 1.54) is 0 Å². The van der Waals surface area contributed by atoms with Gasteiger partial charge in [-0.15, -0.1) is 0 Å². The van der Waals surface area contributed by atoms with Crippen molar-refractivity contribution in [2.24, 2.45) is 0 Å². The molecule has 0 spiro atoms. The average Bonchev–Trinajstić information content (AvgIpc) is 2.97. The fraction of sp³-hybridized carbons (Fsp3) is 0.263.